The summed E-state index contributed by atoms with van der Waals surface area (Å²) >= 11 is 0. The van der Waals surface area contributed by atoms with Gasteiger partial charge < -0.3 is 10.0 Å². The number of sulfone groups is 1. The van der Waals surface area contributed by atoms with Gasteiger partial charge in [-0.2, -0.15) is 0 Å². The first-order valence-corrected chi connectivity index (χ1v) is 9.28. The molecule has 0 bridgehead atoms. The van der Waals surface area contributed by atoms with Crippen molar-refractivity contribution in [2.24, 2.45) is 5.41 Å². The molecule has 1 aliphatic heterocycles. The Morgan fingerprint density at radius 3 is 2.65 bits per heavy atom. The highest BCUT2D eigenvalue weighted by molar-refractivity contribution is 7.90. The molecule has 2 aromatic rings. The molecule has 0 spiro atoms. The fourth-order valence-corrected chi connectivity index (χ4v) is 4.75. The molecule has 122 valence electrons. The molecule has 2 heterocycles. The van der Waals surface area contributed by atoms with Crippen molar-refractivity contribution in [3.8, 4) is 0 Å². The van der Waals surface area contributed by atoms with Crippen LogP contribution in [0.3, 0.4) is 0 Å². The first-order chi connectivity index (χ1) is 10.7. The van der Waals surface area contributed by atoms with Gasteiger partial charge in [-0.3, -0.25) is 4.98 Å². The number of anilines is 1. The number of nitrogens with zero attached hydrogens (tertiary/aromatic N) is 2. The largest absolute Gasteiger partial charge is 0.478 e. The lowest BCUT2D eigenvalue weighted by molar-refractivity contribution is 0.0699. The molecule has 0 unspecified atom stereocenters. The highest BCUT2D eigenvalue weighted by Crippen LogP contribution is 2.36. The highest BCUT2D eigenvalue weighted by Gasteiger charge is 2.41. The fraction of sp³-hybridized carbons (Fsp3) is 0.375. The number of rotatable bonds is 4. The third-order valence-electron chi connectivity index (χ3n) is 4.08. The van der Waals surface area contributed by atoms with Gasteiger partial charge in [0, 0.05) is 42.0 Å². The lowest BCUT2D eigenvalue weighted by Crippen LogP contribution is -2.57. The Labute approximate surface area is 134 Å². The van der Waals surface area contributed by atoms with Gasteiger partial charge in [0.05, 0.1) is 16.8 Å². The summed E-state index contributed by atoms with van der Waals surface area (Å²) in [4.78, 5) is 17.6. The first kappa shape index (κ1) is 15.7. The Balaban J connectivity index is 1.88. The maximum atomic E-state index is 11.5. The van der Waals surface area contributed by atoms with E-state index in [0.29, 0.717) is 24.0 Å². The van der Waals surface area contributed by atoms with Crippen LogP contribution in [0.4, 0.5) is 5.69 Å². The molecular formula is C16H18N2O4S. The molecule has 1 fully saturated rings. The van der Waals surface area contributed by atoms with Crippen LogP contribution in [0.1, 0.15) is 17.3 Å². The fourth-order valence-electron chi connectivity index (χ4n) is 3.30. The predicted octanol–water partition coefficient (Wildman–Crippen LogP) is 1.80. The minimum Gasteiger partial charge on any atom is -0.478 e. The number of benzene rings is 1. The smallest absolute Gasteiger partial charge is 0.336 e. The van der Waals surface area contributed by atoms with Gasteiger partial charge >= 0.3 is 5.97 Å². The molecule has 0 atom stereocenters. The van der Waals surface area contributed by atoms with Gasteiger partial charge in [-0.25, -0.2) is 13.2 Å². The van der Waals surface area contributed by atoms with Crippen LogP contribution in [0.25, 0.3) is 10.9 Å². The predicted molar refractivity (Wildman–Crippen MR) is 88.7 cm³/mol. The number of aromatic nitrogens is 1. The number of carboxylic acids is 1. The van der Waals surface area contributed by atoms with E-state index in [2.05, 4.69) is 9.88 Å². The van der Waals surface area contributed by atoms with Crippen molar-refractivity contribution in [3.63, 3.8) is 0 Å². The van der Waals surface area contributed by atoms with E-state index in [4.69, 9.17) is 0 Å². The van der Waals surface area contributed by atoms with Crippen LogP contribution in [0.15, 0.2) is 30.5 Å². The average molecular weight is 334 g/mol. The van der Waals surface area contributed by atoms with Crippen molar-refractivity contribution in [1.29, 1.82) is 0 Å². The average Bonchev–Trinajstić information content (AvgIpc) is 2.41. The molecule has 1 N–H and O–H groups in total. The van der Waals surface area contributed by atoms with Crippen molar-refractivity contribution < 1.29 is 18.3 Å². The van der Waals surface area contributed by atoms with Gasteiger partial charge in [0.2, 0.25) is 0 Å². The van der Waals surface area contributed by atoms with Crippen LogP contribution in [0.5, 0.6) is 0 Å². The third kappa shape index (κ3) is 3.14. The van der Waals surface area contributed by atoms with E-state index < -0.39 is 15.8 Å². The zero-order valence-electron chi connectivity index (χ0n) is 13.0. The number of aromatic carboxylic acids is 1. The summed E-state index contributed by atoms with van der Waals surface area (Å²) in [6.07, 6.45) is 2.74. The van der Waals surface area contributed by atoms with Crippen molar-refractivity contribution in [2.45, 2.75) is 6.92 Å². The molecule has 23 heavy (non-hydrogen) atoms. The molecule has 0 amide bonds. The second-order valence-corrected chi connectivity index (χ2v) is 8.74. The standard InChI is InChI=1S/C16H18N2O4S/c1-16(10-23(2,21)22)8-18(9-16)11-3-4-14-13(7-11)12(15(19)20)5-6-17-14/h3-7H,8-10H2,1-2H3,(H,19,20). The van der Waals surface area contributed by atoms with Crippen molar-refractivity contribution in [3.05, 3.63) is 36.0 Å². The van der Waals surface area contributed by atoms with Gasteiger partial charge in [-0.15, -0.1) is 0 Å². The quantitative estimate of drug-likeness (QED) is 0.917. The number of carboxylic acid groups (broad SMARTS) is 1. The van der Waals surface area contributed by atoms with E-state index >= 15 is 0 Å². The van der Waals surface area contributed by atoms with Gasteiger partial charge in [0.25, 0.3) is 0 Å². The van der Waals surface area contributed by atoms with Crippen LogP contribution in [-0.2, 0) is 9.84 Å². The van der Waals surface area contributed by atoms with Gasteiger partial charge in [0.1, 0.15) is 9.84 Å². The van der Waals surface area contributed by atoms with Crippen LogP contribution in [0.2, 0.25) is 0 Å². The number of pyridine rings is 1. The zero-order chi connectivity index (χ0) is 16.8. The van der Waals surface area contributed by atoms with E-state index in [1.807, 2.05) is 19.1 Å². The monoisotopic (exact) mass is 334 g/mol. The Morgan fingerprint density at radius 2 is 2.04 bits per heavy atom. The van der Waals surface area contributed by atoms with Gasteiger partial charge in [-0.1, -0.05) is 6.92 Å². The summed E-state index contributed by atoms with van der Waals surface area (Å²) in [5.74, 6) is -0.827. The van der Waals surface area contributed by atoms with Crippen LogP contribution < -0.4 is 4.90 Å². The molecule has 7 heteroatoms. The first-order valence-electron chi connectivity index (χ1n) is 7.22. The number of carbonyl (C=O) groups is 1. The zero-order valence-corrected chi connectivity index (χ0v) is 13.8. The van der Waals surface area contributed by atoms with Crippen molar-refractivity contribution >= 4 is 32.4 Å². The van der Waals surface area contributed by atoms with E-state index in [-0.39, 0.29) is 16.7 Å². The van der Waals surface area contributed by atoms with E-state index in [0.717, 1.165) is 5.69 Å². The molecule has 0 radical (unpaired) electrons. The second-order valence-electron chi connectivity index (χ2n) is 6.60. The van der Waals surface area contributed by atoms with Crippen LogP contribution in [-0.4, -0.2) is 49.6 Å². The number of hydrogen-bond donors (Lipinski definition) is 1. The molecule has 1 aliphatic rings. The van der Waals surface area contributed by atoms with Crippen molar-refractivity contribution in [2.75, 3.05) is 30.0 Å². The lowest BCUT2D eigenvalue weighted by atomic mass is 9.83. The van der Waals surface area contributed by atoms with Gasteiger partial charge in [-0.05, 0) is 24.3 Å². The number of hydrogen-bond acceptors (Lipinski definition) is 5. The molecule has 0 aliphatic carbocycles. The summed E-state index contributed by atoms with van der Waals surface area (Å²) in [5.41, 5.74) is 1.48. The summed E-state index contributed by atoms with van der Waals surface area (Å²) in [6, 6.07) is 6.98. The summed E-state index contributed by atoms with van der Waals surface area (Å²) < 4.78 is 23.0. The Hall–Kier alpha value is -2.15. The van der Waals surface area contributed by atoms with Crippen molar-refractivity contribution in [1.82, 2.24) is 4.98 Å². The SMILES string of the molecule is CC1(CS(C)(=O)=O)CN(c2ccc3nccc(C(=O)O)c3c2)C1. The lowest BCUT2D eigenvalue weighted by Gasteiger charge is -2.49. The van der Waals surface area contributed by atoms with E-state index in [1.165, 1.54) is 18.5 Å². The Bertz CT molecular complexity index is 886. The highest BCUT2D eigenvalue weighted by atomic mass is 32.2. The van der Waals surface area contributed by atoms with E-state index in [1.54, 1.807) is 6.07 Å². The molecule has 1 aromatic heterocycles. The second kappa shape index (κ2) is 5.19. The minimum absolute atomic E-state index is 0.159. The van der Waals surface area contributed by atoms with Crippen LogP contribution >= 0.6 is 0 Å². The summed E-state index contributed by atoms with van der Waals surface area (Å²) in [6.45, 7) is 3.22. The maximum absolute atomic E-state index is 11.5. The maximum Gasteiger partial charge on any atom is 0.336 e. The Morgan fingerprint density at radius 1 is 1.35 bits per heavy atom. The normalized spacial score (nSPS) is 17.0. The molecule has 1 saturated heterocycles. The minimum atomic E-state index is -3.02. The topological polar surface area (TPSA) is 87.6 Å². The Kier molecular flexibility index (Phi) is 3.55. The molecular weight excluding hydrogens is 316 g/mol. The molecule has 0 saturated carbocycles. The molecule has 1 aromatic carbocycles. The summed E-state index contributed by atoms with van der Waals surface area (Å²) in [7, 11) is -3.02. The molecule has 3 rings (SSSR count). The van der Waals surface area contributed by atoms with Gasteiger partial charge in [0.15, 0.2) is 0 Å². The molecule has 6 nitrogen and oxygen atoms in total. The van der Waals surface area contributed by atoms with E-state index in [9.17, 15) is 18.3 Å². The van der Waals surface area contributed by atoms with Crippen LogP contribution in [0, 0.1) is 5.41 Å². The third-order valence-corrected chi connectivity index (χ3v) is 5.30. The number of fused-ring (bicyclic) bond motifs is 1. The summed E-state index contributed by atoms with van der Waals surface area (Å²) in [5, 5.41) is 9.88.